The summed E-state index contributed by atoms with van der Waals surface area (Å²) in [6.45, 7) is 12.1. The highest BCUT2D eigenvalue weighted by atomic mass is 16.3. The van der Waals surface area contributed by atoms with Gasteiger partial charge in [0, 0.05) is 18.6 Å². The quantitative estimate of drug-likeness (QED) is 0.765. The van der Waals surface area contributed by atoms with Crippen LogP contribution in [-0.4, -0.2) is 47.8 Å². The second-order valence-corrected chi connectivity index (χ2v) is 6.45. The van der Waals surface area contributed by atoms with Gasteiger partial charge in [-0.05, 0) is 58.5 Å². The van der Waals surface area contributed by atoms with E-state index in [9.17, 15) is 5.11 Å². The largest absolute Gasteiger partial charge is 0.392 e. The molecule has 1 rings (SSSR count). The van der Waals surface area contributed by atoms with Crippen LogP contribution in [-0.2, 0) is 0 Å². The summed E-state index contributed by atoms with van der Waals surface area (Å²) < 4.78 is 0. The molecular weight excluding hydrogens is 224 g/mol. The lowest BCUT2D eigenvalue weighted by Crippen LogP contribution is -2.37. The summed E-state index contributed by atoms with van der Waals surface area (Å²) in [6.07, 6.45) is 4.45. The molecule has 0 aromatic heterocycles. The Bertz CT molecular complexity index is 219. The first-order valence-electron chi connectivity index (χ1n) is 7.64. The molecule has 1 aliphatic rings. The van der Waals surface area contributed by atoms with Crippen LogP contribution in [0.5, 0.6) is 0 Å². The molecule has 3 heteroatoms. The van der Waals surface area contributed by atoms with Crippen molar-refractivity contribution in [2.75, 3.05) is 19.6 Å². The summed E-state index contributed by atoms with van der Waals surface area (Å²) in [4.78, 5) is 2.56. The summed E-state index contributed by atoms with van der Waals surface area (Å²) in [5.41, 5.74) is 0. The van der Waals surface area contributed by atoms with E-state index in [1.807, 2.05) is 0 Å². The van der Waals surface area contributed by atoms with E-state index in [1.54, 1.807) is 0 Å². The second kappa shape index (κ2) is 8.13. The Morgan fingerprint density at radius 2 is 1.89 bits per heavy atom. The zero-order valence-electron chi connectivity index (χ0n) is 12.7. The minimum Gasteiger partial charge on any atom is -0.392 e. The molecule has 108 valence electrons. The van der Waals surface area contributed by atoms with Gasteiger partial charge < -0.3 is 15.3 Å². The van der Waals surface area contributed by atoms with Crippen molar-refractivity contribution in [2.24, 2.45) is 5.92 Å². The van der Waals surface area contributed by atoms with Gasteiger partial charge in [0.25, 0.3) is 0 Å². The normalized spacial score (nSPS) is 24.5. The third-order valence-corrected chi connectivity index (χ3v) is 3.88. The van der Waals surface area contributed by atoms with E-state index < -0.39 is 0 Å². The first kappa shape index (κ1) is 15.9. The fraction of sp³-hybridized carbons (Fsp3) is 1.00. The number of aliphatic hydroxyl groups is 1. The number of rotatable bonds is 6. The summed E-state index contributed by atoms with van der Waals surface area (Å²) >= 11 is 0. The van der Waals surface area contributed by atoms with Gasteiger partial charge in [-0.25, -0.2) is 0 Å². The third-order valence-electron chi connectivity index (χ3n) is 3.88. The van der Waals surface area contributed by atoms with Crippen LogP contribution >= 0.6 is 0 Å². The monoisotopic (exact) mass is 256 g/mol. The summed E-state index contributed by atoms with van der Waals surface area (Å²) in [6, 6.07) is 1.26. The molecule has 2 unspecified atom stereocenters. The standard InChI is InChI=1S/C15H32N2O/c1-12(2)10-15(18)11-16-14-6-5-8-17(9-7-14)13(3)4/h12-16,18H,5-11H2,1-4H3. The molecule has 0 aromatic rings. The molecule has 0 spiro atoms. The Morgan fingerprint density at radius 3 is 2.50 bits per heavy atom. The Kier molecular flexibility index (Phi) is 7.20. The van der Waals surface area contributed by atoms with Crippen LogP contribution in [0.25, 0.3) is 0 Å². The first-order valence-corrected chi connectivity index (χ1v) is 7.64. The van der Waals surface area contributed by atoms with Crippen LogP contribution in [0.15, 0.2) is 0 Å². The molecule has 0 aliphatic carbocycles. The summed E-state index contributed by atoms with van der Waals surface area (Å²) in [5, 5.41) is 13.4. The van der Waals surface area contributed by atoms with Crippen molar-refractivity contribution in [1.82, 2.24) is 10.2 Å². The zero-order chi connectivity index (χ0) is 13.5. The van der Waals surface area contributed by atoms with E-state index in [2.05, 4.69) is 37.9 Å². The molecule has 2 atom stereocenters. The van der Waals surface area contributed by atoms with E-state index in [0.29, 0.717) is 18.0 Å². The number of hydrogen-bond acceptors (Lipinski definition) is 3. The van der Waals surface area contributed by atoms with Crippen molar-refractivity contribution in [2.45, 2.75) is 71.6 Å². The van der Waals surface area contributed by atoms with Crippen LogP contribution in [0.4, 0.5) is 0 Å². The fourth-order valence-electron chi connectivity index (χ4n) is 2.77. The van der Waals surface area contributed by atoms with Gasteiger partial charge in [-0.2, -0.15) is 0 Å². The Hall–Kier alpha value is -0.120. The maximum atomic E-state index is 9.89. The van der Waals surface area contributed by atoms with Crippen LogP contribution in [0.3, 0.4) is 0 Å². The highest BCUT2D eigenvalue weighted by Gasteiger charge is 2.19. The number of likely N-dealkylation sites (tertiary alicyclic amines) is 1. The maximum absolute atomic E-state index is 9.89. The molecule has 0 bridgehead atoms. The number of aliphatic hydroxyl groups excluding tert-OH is 1. The van der Waals surface area contributed by atoms with Crippen molar-refractivity contribution < 1.29 is 5.11 Å². The lowest BCUT2D eigenvalue weighted by molar-refractivity contribution is 0.141. The predicted molar refractivity (Wildman–Crippen MR) is 77.8 cm³/mol. The van der Waals surface area contributed by atoms with Crippen LogP contribution in [0.1, 0.15) is 53.4 Å². The highest BCUT2D eigenvalue weighted by molar-refractivity contribution is 4.77. The number of nitrogens with one attached hydrogen (secondary N) is 1. The Morgan fingerprint density at radius 1 is 1.17 bits per heavy atom. The molecule has 1 fully saturated rings. The van der Waals surface area contributed by atoms with Crippen LogP contribution < -0.4 is 5.32 Å². The van der Waals surface area contributed by atoms with Gasteiger partial charge in [0.1, 0.15) is 0 Å². The highest BCUT2D eigenvalue weighted by Crippen LogP contribution is 2.13. The van der Waals surface area contributed by atoms with Gasteiger partial charge >= 0.3 is 0 Å². The fourth-order valence-corrected chi connectivity index (χ4v) is 2.77. The number of hydrogen-bond donors (Lipinski definition) is 2. The van der Waals surface area contributed by atoms with Crippen molar-refractivity contribution in [3.8, 4) is 0 Å². The van der Waals surface area contributed by atoms with E-state index >= 15 is 0 Å². The number of nitrogens with zero attached hydrogens (tertiary/aromatic N) is 1. The SMILES string of the molecule is CC(C)CC(O)CNC1CCCN(C(C)C)CC1. The van der Waals surface area contributed by atoms with Crippen molar-refractivity contribution in [3.63, 3.8) is 0 Å². The van der Waals surface area contributed by atoms with E-state index in [4.69, 9.17) is 0 Å². The van der Waals surface area contributed by atoms with Gasteiger partial charge in [0.05, 0.1) is 6.10 Å². The van der Waals surface area contributed by atoms with E-state index in [-0.39, 0.29) is 6.10 Å². The average molecular weight is 256 g/mol. The maximum Gasteiger partial charge on any atom is 0.0667 e. The third kappa shape index (κ3) is 6.17. The van der Waals surface area contributed by atoms with Crippen molar-refractivity contribution >= 4 is 0 Å². The van der Waals surface area contributed by atoms with Gasteiger partial charge in [-0.3, -0.25) is 0 Å². The minimum absolute atomic E-state index is 0.186. The predicted octanol–water partition coefficient (Wildman–Crippen LogP) is 2.25. The average Bonchev–Trinajstić information content (AvgIpc) is 2.50. The second-order valence-electron chi connectivity index (χ2n) is 6.45. The molecule has 18 heavy (non-hydrogen) atoms. The Labute approximate surface area is 113 Å². The van der Waals surface area contributed by atoms with Gasteiger partial charge in [-0.15, -0.1) is 0 Å². The summed E-state index contributed by atoms with van der Waals surface area (Å²) in [5.74, 6) is 0.576. The van der Waals surface area contributed by atoms with Gasteiger partial charge in [0.2, 0.25) is 0 Å². The van der Waals surface area contributed by atoms with Crippen LogP contribution in [0.2, 0.25) is 0 Å². The van der Waals surface area contributed by atoms with E-state index in [1.165, 1.54) is 32.4 Å². The lowest BCUT2D eigenvalue weighted by atomic mass is 10.0. The Balaban J connectivity index is 2.23. The molecule has 1 heterocycles. The molecule has 2 N–H and O–H groups in total. The molecule has 1 saturated heterocycles. The molecule has 0 radical (unpaired) electrons. The van der Waals surface area contributed by atoms with Gasteiger partial charge in [-0.1, -0.05) is 13.8 Å². The lowest BCUT2D eigenvalue weighted by Gasteiger charge is -2.24. The minimum atomic E-state index is -0.186. The van der Waals surface area contributed by atoms with Crippen LogP contribution in [0, 0.1) is 5.92 Å². The molecule has 1 aliphatic heterocycles. The molecule has 0 saturated carbocycles. The van der Waals surface area contributed by atoms with Crippen molar-refractivity contribution in [1.29, 1.82) is 0 Å². The first-order chi connectivity index (χ1) is 8.49. The van der Waals surface area contributed by atoms with Gasteiger partial charge in [0.15, 0.2) is 0 Å². The molecular formula is C15H32N2O. The molecule has 0 amide bonds. The summed E-state index contributed by atoms with van der Waals surface area (Å²) in [7, 11) is 0. The zero-order valence-corrected chi connectivity index (χ0v) is 12.7. The van der Waals surface area contributed by atoms with Crippen molar-refractivity contribution in [3.05, 3.63) is 0 Å². The van der Waals surface area contributed by atoms with E-state index in [0.717, 1.165) is 13.0 Å². The topological polar surface area (TPSA) is 35.5 Å². The molecule has 3 nitrogen and oxygen atoms in total. The smallest absolute Gasteiger partial charge is 0.0667 e. The molecule has 0 aromatic carbocycles.